The molecular formula is C18H33NO. The van der Waals surface area contributed by atoms with Crippen LogP contribution in [0.1, 0.15) is 60.3 Å². The molecule has 2 aliphatic rings. The van der Waals surface area contributed by atoms with E-state index in [1.165, 1.54) is 25.8 Å². The number of fused-ring (bicyclic) bond motifs is 1. The largest absolute Gasteiger partial charge is 0.393 e. The Morgan fingerprint density at radius 2 is 2.00 bits per heavy atom. The third-order valence-corrected chi connectivity index (χ3v) is 5.56. The van der Waals surface area contributed by atoms with Crippen molar-refractivity contribution in [1.29, 1.82) is 0 Å². The van der Waals surface area contributed by atoms with Crippen LogP contribution >= 0.6 is 0 Å². The maximum absolute atomic E-state index is 10.6. The van der Waals surface area contributed by atoms with Gasteiger partial charge in [0.1, 0.15) is 0 Å². The van der Waals surface area contributed by atoms with E-state index in [1.54, 1.807) is 11.1 Å². The third kappa shape index (κ3) is 3.46. The second-order valence-electron chi connectivity index (χ2n) is 7.66. The topological polar surface area (TPSA) is 23.5 Å². The monoisotopic (exact) mass is 279 g/mol. The van der Waals surface area contributed by atoms with Crippen LogP contribution in [0.5, 0.6) is 0 Å². The number of aliphatic hydroxyl groups is 1. The molecule has 116 valence electrons. The Hall–Kier alpha value is -0.340. The lowest BCUT2D eigenvalue weighted by atomic mass is 9.84. The first kappa shape index (κ1) is 16.0. The summed E-state index contributed by atoms with van der Waals surface area (Å²) in [5.74, 6) is 1.78. The van der Waals surface area contributed by atoms with Crippen molar-refractivity contribution >= 4 is 0 Å². The van der Waals surface area contributed by atoms with Gasteiger partial charge >= 0.3 is 0 Å². The van der Waals surface area contributed by atoms with Crippen molar-refractivity contribution in [3.8, 4) is 0 Å². The van der Waals surface area contributed by atoms with Gasteiger partial charge < -0.3 is 5.11 Å². The molecule has 4 unspecified atom stereocenters. The summed E-state index contributed by atoms with van der Waals surface area (Å²) in [5, 5.41) is 10.6. The van der Waals surface area contributed by atoms with Gasteiger partial charge in [0, 0.05) is 19.1 Å². The molecule has 0 aromatic carbocycles. The first-order chi connectivity index (χ1) is 9.40. The van der Waals surface area contributed by atoms with Crippen molar-refractivity contribution in [1.82, 2.24) is 4.90 Å². The fourth-order valence-electron chi connectivity index (χ4n) is 4.12. The molecule has 0 aliphatic carbocycles. The molecule has 1 fully saturated rings. The smallest absolute Gasteiger partial charge is 0.0583 e. The molecule has 4 atom stereocenters. The predicted molar refractivity (Wildman–Crippen MR) is 85.7 cm³/mol. The van der Waals surface area contributed by atoms with Crippen LogP contribution in [0.4, 0.5) is 0 Å². The Bertz CT molecular complexity index is 360. The Morgan fingerprint density at radius 1 is 1.30 bits per heavy atom. The summed E-state index contributed by atoms with van der Waals surface area (Å²) >= 11 is 0. The van der Waals surface area contributed by atoms with Gasteiger partial charge in [-0.2, -0.15) is 0 Å². The Morgan fingerprint density at radius 3 is 2.65 bits per heavy atom. The van der Waals surface area contributed by atoms with Crippen LogP contribution < -0.4 is 0 Å². The lowest BCUT2D eigenvalue weighted by Crippen LogP contribution is -2.44. The summed E-state index contributed by atoms with van der Waals surface area (Å²) in [4.78, 5) is 2.66. The Labute approximate surface area is 125 Å². The van der Waals surface area contributed by atoms with Crippen LogP contribution in [0.2, 0.25) is 0 Å². The average molecular weight is 279 g/mol. The van der Waals surface area contributed by atoms with Crippen molar-refractivity contribution < 1.29 is 5.11 Å². The second kappa shape index (κ2) is 6.62. The standard InChI is InChI=1S/C18H33NO/c1-12(2)6-7-16-11-19-9-8-13(3)15(5)18(19)14(4)10-17(16)20/h12,14,16-18,20H,6-11H2,1-5H3. The van der Waals surface area contributed by atoms with E-state index in [0.29, 0.717) is 17.9 Å². The first-order valence-electron chi connectivity index (χ1n) is 8.48. The Balaban J connectivity index is 2.12. The maximum atomic E-state index is 10.6. The summed E-state index contributed by atoms with van der Waals surface area (Å²) in [7, 11) is 0. The molecule has 0 aromatic rings. The molecule has 0 radical (unpaired) electrons. The number of aliphatic hydroxyl groups excluding tert-OH is 1. The second-order valence-corrected chi connectivity index (χ2v) is 7.66. The highest BCUT2D eigenvalue weighted by Crippen LogP contribution is 2.36. The van der Waals surface area contributed by atoms with Gasteiger partial charge in [0.2, 0.25) is 0 Å². The SMILES string of the molecule is CC1=C(C)C2C(C)CC(O)C(CCC(C)C)CN2CC1. The minimum atomic E-state index is -0.109. The van der Waals surface area contributed by atoms with E-state index in [-0.39, 0.29) is 6.10 Å². The van der Waals surface area contributed by atoms with E-state index in [9.17, 15) is 5.11 Å². The summed E-state index contributed by atoms with van der Waals surface area (Å²) in [6.45, 7) is 13.8. The van der Waals surface area contributed by atoms with Crippen LogP contribution in [0.15, 0.2) is 11.1 Å². The number of nitrogens with zero attached hydrogens (tertiary/aromatic N) is 1. The lowest BCUT2D eigenvalue weighted by Gasteiger charge is -2.39. The fraction of sp³-hybridized carbons (Fsp3) is 0.889. The van der Waals surface area contributed by atoms with Crippen molar-refractivity contribution in [3.63, 3.8) is 0 Å². The molecule has 0 aromatic heterocycles. The summed E-state index contributed by atoms with van der Waals surface area (Å²) < 4.78 is 0. The van der Waals surface area contributed by atoms with Gasteiger partial charge in [-0.15, -0.1) is 0 Å². The van der Waals surface area contributed by atoms with E-state index in [4.69, 9.17) is 0 Å². The molecule has 2 heterocycles. The number of hydrogen-bond donors (Lipinski definition) is 1. The first-order valence-corrected chi connectivity index (χ1v) is 8.48. The molecule has 0 saturated carbocycles. The van der Waals surface area contributed by atoms with Crippen LogP contribution in [0.25, 0.3) is 0 Å². The van der Waals surface area contributed by atoms with E-state index in [1.807, 2.05) is 0 Å². The van der Waals surface area contributed by atoms with Crippen LogP contribution in [0, 0.1) is 17.8 Å². The van der Waals surface area contributed by atoms with Gasteiger partial charge in [0.25, 0.3) is 0 Å². The highest BCUT2D eigenvalue weighted by Gasteiger charge is 2.37. The van der Waals surface area contributed by atoms with Gasteiger partial charge in [-0.1, -0.05) is 38.3 Å². The molecule has 0 bridgehead atoms. The van der Waals surface area contributed by atoms with Crippen LogP contribution in [-0.2, 0) is 0 Å². The van der Waals surface area contributed by atoms with Gasteiger partial charge in [0.05, 0.1) is 6.10 Å². The molecular weight excluding hydrogens is 246 g/mol. The molecule has 2 aliphatic heterocycles. The van der Waals surface area contributed by atoms with Gasteiger partial charge in [-0.05, 0) is 50.9 Å². The highest BCUT2D eigenvalue weighted by atomic mass is 16.3. The fourth-order valence-corrected chi connectivity index (χ4v) is 4.12. The quantitative estimate of drug-likeness (QED) is 0.793. The van der Waals surface area contributed by atoms with Crippen molar-refractivity contribution in [2.75, 3.05) is 13.1 Å². The zero-order valence-electron chi connectivity index (χ0n) is 14.0. The maximum Gasteiger partial charge on any atom is 0.0583 e. The molecule has 0 amide bonds. The van der Waals surface area contributed by atoms with E-state index in [0.717, 1.165) is 18.9 Å². The van der Waals surface area contributed by atoms with Crippen molar-refractivity contribution in [2.24, 2.45) is 17.8 Å². The van der Waals surface area contributed by atoms with Gasteiger partial charge in [0.15, 0.2) is 0 Å². The van der Waals surface area contributed by atoms with Crippen molar-refractivity contribution in [3.05, 3.63) is 11.1 Å². The lowest BCUT2D eigenvalue weighted by molar-refractivity contribution is 0.0813. The molecule has 0 spiro atoms. The van der Waals surface area contributed by atoms with E-state index < -0.39 is 0 Å². The molecule has 2 nitrogen and oxygen atoms in total. The summed E-state index contributed by atoms with van der Waals surface area (Å²) in [6, 6.07) is 0.572. The molecule has 2 rings (SSSR count). The molecule has 2 heteroatoms. The molecule has 1 N–H and O–H groups in total. The van der Waals surface area contributed by atoms with Gasteiger partial charge in [-0.25, -0.2) is 0 Å². The van der Waals surface area contributed by atoms with Crippen LogP contribution in [-0.4, -0.2) is 35.2 Å². The minimum Gasteiger partial charge on any atom is -0.393 e. The van der Waals surface area contributed by atoms with E-state index in [2.05, 4.69) is 39.5 Å². The summed E-state index contributed by atoms with van der Waals surface area (Å²) in [6.07, 6.45) is 4.48. The van der Waals surface area contributed by atoms with Gasteiger partial charge in [-0.3, -0.25) is 4.90 Å². The zero-order chi connectivity index (χ0) is 14.9. The zero-order valence-corrected chi connectivity index (χ0v) is 14.0. The number of hydrogen-bond acceptors (Lipinski definition) is 2. The van der Waals surface area contributed by atoms with Crippen LogP contribution in [0.3, 0.4) is 0 Å². The third-order valence-electron chi connectivity index (χ3n) is 5.56. The van der Waals surface area contributed by atoms with E-state index >= 15 is 0 Å². The number of rotatable bonds is 3. The Kier molecular flexibility index (Phi) is 5.30. The van der Waals surface area contributed by atoms with Crippen molar-refractivity contribution in [2.45, 2.75) is 72.4 Å². The molecule has 20 heavy (non-hydrogen) atoms. The average Bonchev–Trinajstić information content (AvgIpc) is 2.49. The summed E-state index contributed by atoms with van der Waals surface area (Å²) in [5.41, 5.74) is 3.15. The highest BCUT2D eigenvalue weighted by molar-refractivity contribution is 5.21. The minimum absolute atomic E-state index is 0.109. The molecule has 1 saturated heterocycles. The predicted octanol–water partition coefficient (Wildman–Crippen LogP) is 3.85. The normalized spacial score (nSPS) is 36.1.